The molecule has 0 saturated carbocycles. The number of allylic oxidation sites excluding steroid dienone is 1. The van der Waals surface area contributed by atoms with Crippen molar-refractivity contribution in [3.05, 3.63) is 40.5 Å². The molecule has 0 aliphatic heterocycles. The molecule has 0 heterocycles. The molecule has 0 unspecified atom stereocenters. The van der Waals surface area contributed by atoms with Gasteiger partial charge >= 0.3 is 0 Å². The summed E-state index contributed by atoms with van der Waals surface area (Å²) in [5.74, 6) is 0. The molecule has 0 spiro atoms. The number of aryl methyl sites for hydroxylation is 1. The van der Waals surface area contributed by atoms with Gasteiger partial charge in [-0.25, -0.2) is 0 Å². The minimum absolute atomic E-state index is 0.146. The molecule has 1 aromatic rings. The van der Waals surface area contributed by atoms with Gasteiger partial charge in [0, 0.05) is 0 Å². The topological polar surface area (TPSA) is 20.2 Å². The Bertz CT molecular complexity index is 363. The van der Waals surface area contributed by atoms with Gasteiger partial charge in [-0.3, -0.25) is 0 Å². The maximum absolute atomic E-state index is 9.24. The van der Waals surface area contributed by atoms with Crippen LogP contribution in [-0.4, -0.2) is 5.11 Å². The monoisotopic (exact) mass is 188 g/mol. The summed E-state index contributed by atoms with van der Waals surface area (Å²) < 4.78 is 0. The van der Waals surface area contributed by atoms with Crippen LogP contribution in [0.2, 0.25) is 0 Å². The summed E-state index contributed by atoms with van der Waals surface area (Å²) in [7, 11) is 0. The van der Waals surface area contributed by atoms with Gasteiger partial charge < -0.3 is 5.11 Å². The Morgan fingerprint density at radius 2 is 2.14 bits per heavy atom. The predicted octanol–water partition coefficient (Wildman–Crippen LogP) is 2.92. The molecule has 0 saturated heterocycles. The van der Waals surface area contributed by atoms with Gasteiger partial charge in [-0.1, -0.05) is 29.8 Å². The quantitative estimate of drug-likeness (QED) is 0.718. The maximum atomic E-state index is 9.24. The molecule has 74 valence electrons. The summed E-state index contributed by atoms with van der Waals surface area (Å²) in [6.45, 7) is 2.32. The van der Waals surface area contributed by atoms with Crippen LogP contribution in [0.15, 0.2) is 23.8 Å². The first-order valence-corrected chi connectivity index (χ1v) is 5.20. The van der Waals surface area contributed by atoms with Gasteiger partial charge in [-0.05, 0) is 42.9 Å². The highest BCUT2D eigenvalue weighted by Crippen LogP contribution is 2.25. The summed E-state index contributed by atoms with van der Waals surface area (Å²) in [5, 5.41) is 9.24. The smallest absolute Gasteiger partial charge is 0.0687 e. The standard InChI is InChI=1S/C13H16O/c1-10-4-2-5-11-6-3-7-12(9-14)13(11)8-10/h3,6-8,14H,2,4-5,9H2,1H3. The summed E-state index contributed by atoms with van der Waals surface area (Å²) in [6.07, 6.45) is 5.77. The van der Waals surface area contributed by atoms with Crippen molar-refractivity contribution in [2.24, 2.45) is 0 Å². The van der Waals surface area contributed by atoms with Crippen LogP contribution in [0, 0.1) is 0 Å². The lowest BCUT2D eigenvalue weighted by molar-refractivity contribution is 0.281. The van der Waals surface area contributed by atoms with E-state index in [0.717, 1.165) is 12.0 Å². The average Bonchev–Trinajstić information content (AvgIpc) is 2.38. The molecule has 1 aliphatic carbocycles. The first-order valence-electron chi connectivity index (χ1n) is 5.20. The Balaban J connectivity index is 2.53. The van der Waals surface area contributed by atoms with Crippen molar-refractivity contribution < 1.29 is 5.11 Å². The summed E-state index contributed by atoms with van der Waals surface area (Å²) >= 11 is 0. The molecule has 14 heavy (non-hydrogen) atoms. The number of benzene rings is 1. The highest BCUT2D eigenvalue weighted by atomic mass is 16.3. The van der Waals surface area contributed by atoms with Crippen LogP contribution in [-0.2, 0) is 13.0 Å². The molecule has 0 amide bonds. The Hall–Kier alpha value is -1.08. The van der Waals surface area contributed by atoms with Gasteiger partial charge in [0.2, 0.25) is 0 Å². The molecule has 2 rings (SSSR count). The van der Waals surface area contributed by atoms with Crippen LogP contribution < -0.4 is 0 Å². The van der Waals surface area contributed by atoms with Gasteiger partial charge in [0.25, 0.3) is 0 Å². The molecule has 0 bridgehead atoms. The van der Waals surface area contributed by atoms with E-state index in [1.54, 1.807) is 0 Å². The lowest BCUT2D eigenvalue weighted by atomic mass is 9.99. The maximum Gasteiger partial charge on any atom is 0.0687 e. The third-order valence-corrected chi connectivity index (χ3v) is 2.87. The molecule has 1 heteroatoms. The van der Waals surface area contributed by atoms with E-state index in [9.17, 15) is 5.11 Å². The number of rotatable bonds is 1. The number of aliphatic hydroxyl groups is 1. The van der Waals surface area contributed by atoms with Crippen molar-refractivity contribution >= 4 is 6.08 Å². The third kappa shape index (κ3) is 1.73. The fourth-order valence-electron chi connectivity index (χ4n) is 2.08. The van der Waals surface area contributed by atoms with Crippen LogP contribution in [0.1, 0.15) is 36.5 Å². The Morgan fingerprint density at radius 3 is 2.93 bits per heavy atom. The molecule has 0 aromatic heterocycles. The summed E-state index contributed by atoms with van der Waals surface area (Å²) in [5.41, 5.74) is 5.12. The van der Waals surface area contributed by atoms with Crippen molar-refractivity contribution in [1.29, 1.82) is 0 Å². The summed E-state index contributed by atoms with van der Waals surface area (Å²) in [6, 6.07) is 6.22. The molecule has 0 atom stereocenters. The Kier molecular flexibility index (Phi) is 2.69. The van der Waals surface area contributed by atoms with Crippen molar-refractivity contribution in [2.75, 3.05) is 0 Å². The minimum Gasteiger partial charge on any atom is -0.392 e. The lowest BCUT2D eigenvalue weighted by Crippen LogP contribution is -1.94. The second-order valence-corrected chi connectivity index (χ2v) is 3.99. The second kappa shape index (κ2) is 3.97. The first-order chi connectivity index (χ1) is 6.81. The molecule has 0 radical (unpaired) electrons. The van der Waals surface area contributed by atoms with E-state index in [2.05, 4.69) is 19.1 Å². The number of hydrogen-bond donors (Lipinski definition) is 1. The van der Waals surface area contributed by atoms with Gasteiger partial charge in [0.15, 0.2) is 0 Å². The van der Waals surface area contributed by atoms with Crippen LogP contribution >= 0.6 is 0 Å². The number of aliphatic hydroxyl groups excluding tert-OH is 1. The van der Waals surface area contributed by atoms with Crippen molar-refractivity contribution in [3.63, 3.8) is 0 Å². The van der Waals surface area contributed by atoms with Crippen LogP contribution in [0.25, 0.3) is 6.08 Å². The normalized spacial score (nSPS) is 15.7. The van der Waals surface area contributed by atoms with Crippen LogP contribution in [0.3, 0.4) is 0 Å². The van der Waals surface area contributed by atoms with Gasteiger partial charge in [0.05, 0.1) is 6.61 Å². The average molecular weight is 188 g/mol. The highest BCUT2D eigenvalue weighted by Gasteiger charge is 2.09. The SMILES string of the molecule is CC1=Cc2c(CO)cccc2CCC1. The first kappa shape index (κ1) is 9.47. The molecular weight excluding hydrogens is 172 g/mol. The predicted molar refractivity (Wildman–Crippen MR) is 59.0 cm³/mol. The Morgan fingerprint density at radius 1 is 1.29 bits per heavy atom. The van der Waals surface area contributed by atoms with Crippen molar-refractivity contribution in [1.82, 2.24) is 0 Å². The zero-order valence-corrected chi connectivity index (χ0v) is 8.59. The van der Waals surface area contributed by atoms with Crippen LogP contribution in [0.4, 0.5) is 0 Å². The molecule has 1 nitrogen and oxygen atoms in total. The second-order valence-electron chi connectivity index (χ2n) is 3.99. The van der Waals surface area contributed by atoms with Gasteiger partial charge in [0.1, 0.15) is 0 Å². The van der Waals surface area contributed by atoms with E-state index in [0.29, 0.717) is 0 Å². The third-order valence-electron chi connectivity index (χ3n) is 2.87. The molecule has 1 aromatic carbocycles. The van der Waals surface area contributed by atoms with Gasteiger partial charge in [-0.2, -0.15) is 0 Å². The van der Waals surface area contributed by atoms with E-state index in [1.807, 2.05) is 12.1 Å². The molecular formula is C13H16O. The van der Waals surface area contributed by atoms with Crippen molar-refractivity contribution in [3.8, 4) is 0 Å². The fraction of sp³-hybridized carbons (Fsp3) is 0.385. The molecule has 1 N–H and O–H groups in total. The minimum atomic E-state index is 0.146. The van der Waals surface area contributed by atoms with E-state index >= 15 is 0 Å². The zero-order chi connectivity index (χ0) is 9.97. The fourth-order valence-corrected chi connectivity index (χ4v) is 2.08. The van der Waals surface area contributed by atoms with E-state index in [4.69, 9.17) is 0 Å². The molecule has 0 fully saturated rings. The van der Waals surface area contributed by atoms with Crippen molar-refractivity contribution in [2.45, 2.75) is 32.8 Å². The van der Waals surface area contributed by atoms with E-state index in [-0.39, 0.29) is 6.61 Å². The van der Waals surface area contributed by atoms with E-state index < -0.39 is 0 Å². The highest BCUT2D eigenvalue weighted by molar-refractivity contribution is 5.61. The Labute approximate surface area is 85.1 Å². The summed E-state index contributed by atoms with van der Waals surface area (Å²) in [4.78, 5) is 0. The van der Waals surface area contributed by atoms with E-state index in [1.165, 1.54) is 29.5 Å². The number of hydrogen-bond acceptors (Lipinski definition) is 1. The molecule has 1 aliphatic rings. The largest absolute Gasteiger partial charge is 0.392 e. The lowest BCUT2D eigenvalue weighted by Gasteiger charge is -2.07. The van der Waals surface area contributed by atoms with Crippen LogP contribution in [0.5, 0.6) is 0 Å². The number of fused-ring (bicyclic) bond motifs is 1. The van der Waals surface area contributed by atoms with Gasteiger partial charge in [-0.15, -0.1) is 0 Å². The zero-order valence-electron chi connectivity index (χ0n) is 8.59.